The van der Waals surface area contributed by atoms with Gasteiger partial charge in [0.15, 0.2) is 12.2 Å². The lowest BCUT2D eigenvalue weighted by Crippen LogP contribution is -2.35. The van der Waals surface area contributed by atoms with Gasteiger partial charge in [0, 0.05) is 12.2 Å². The molecule has 3 unspecified atom stereocenters. The maximum atomic E-state index is 11.1. The summed E-state index contributed by atoms with van der Waals surface area (Å²) in [6.07, 6.45) is 0.364. The summed E-state index contributed by atoms with van der Waals surface area (Å²) in [7, 11) is 0. The van der Waals surface area contributed by atoms with Gasteiger partial charge in [0.1, 0.15) is 12.2 Å². The van der Waals surface area contributed by atoms with Crippen LogP contribution in [0.1, 0.15) is 0 Å². The fraction of sp³-hybridized carbons (Fsp3) is 0.500. The molecule has 2 fully saturated rings. The largest absolute Gasteiger partial charge is 0.454 e. The first-order chi connectivity index (χ1) is 8.65. The summed E-state index contributed by atoms with van der Waals surface area (Å²) in [4.78, 5) is 22.2. The molecule has 2 aliphatic rings. The van der Waals surface area contributed by atoms with Gasteiger partial charge in [-0.05, 0) is 0 Å². The zero-order valence-electron chi connectivity index (χ0n) is 9.74. The van der Waals surface area contributed by atoms with Crippen LogP contribution in [0.2, 0.25) is 0 Å². The molecule has 6 nitrogen and oxygen atoms in total. The average molecular weight is 254 g/mol. The molecule has 0 aromatic rings. The lowest BCUT2D eigenvalue weighted by atomic mass is 10.1. The number of carbonyl (C=O) groups excluding carboxylic acids is 2. The van der Waals surface area contributed by atoms with E-state index < -0.39 is 36.4 Å². The van der Waals surface area contributed by atoms with E-state index in [1.165, 1.54) is 0 Å². The Balaban J connectivity index is 1.94. The van der Waals surface area contributed by atoms with Gasteiger partial charge in [-0.15, -0.1) is 0 Å². The fourth-order valence-electron chi connectivity index (χ4n) is 2.03. The molecule has 6 heteroatoms. The molecular formula is C12H14O6. The monoisotopic (exact) mass is 254 g/mol. The van der Waals surface area contributed by atoms with Crippen LogP contribution in [0, 0.1) is 0 Å². The SMILES string of the molecule is C=CC(=O)OC1COC2C1OC[C@H]2OC(=O)C=C. The average Bonchev–Trinajstić information content (AvgIpc) is 2.93. The Morgan fingerprint density at radius 3 is 1.67 bits per heavy atom. The predicted molar refractivity (Wildman–Crippen MR) is 59.6 cm³/mol. The Morgan fingerprint density at radius 2 is 1.33 bits per heavy atom. The van der Waals surface area contributed by atoms with Crippen molar-refractivity contribution in [3.63, 3.8) is 0 Å². The summed E-state index contributed by atoms with van der Waals surface area (Å²) < 4.78 is 21.1. The summed E-state index contributed by atoms with van der Waals surface area (Å²) in [5, 5.41) is 0. The molecule has 0 aromatic heterocycles. The van der Waals surface area contributed by atoms with E-state index in [1.807, 2.05) is 0 Å². The number of hydrogen-bond donors (Lipinski definition) is 0. The van der Waals surface area contributed by atoms with Crippen molar-refractivity contribution in [1.29, 1.82) is 0 Å². The quantitative estimate of drug-likeness (QED) is 0.518. The molecule has 0 bridgehead atoms. The summed E-state index contributed by atoms with van der Waals surface area (Å²) in [5.74, 6) is -1.06. The highest BCUT2D eigenvalue weighted by molar-refractivity contribution is 5.81. The predicted octanol–water partition coefficient (Wildman–Crippen LogP) is -0.0204. The third kappa shape index (κ3) is 2.44. The van der Waals surface area contributed by atoms with Gasteiger partial charge in [0.2, 0.25) is 0 Å². The topological polar surface area (TPSA) is 71.1 Å². The second-order valence-electron chi connectivity index (χ2n) is 3.95. The van der Waals surface area contributed by atoms with Gasteiger partial charge in [-0.3, -0.25) is 0 Å². The summed E-state index contributed by atoms with van der Waals surface area (Å²) in [6.45, 7) is 7.07. The molecule has 18 heavy (non-hydrogen) atoms. The van der Waals surface area contributed by atoms with Crippen LogP contribution in [0.15, 0.2) is 25.3 Å². The highest BCUT2D eigenvalue weighted by Gasteiger charge is 2.50. The molecule has 0 amide bonds. The maximum Gasteiger partial charge on any atom is 0.330 e. The van der Waals surface area contributed by atoms with Crippen molar-refractivity contribution in [3.8, 4) is 0 Å². The third-order valence-corrected chi connectivity index (χ3v) is 2.83. The van der Waals surface area contributed by atoms with Crippen molar-refractivity contribution < 1.29 is 28.5 Å². The standard InChI is InChI=1S/C12H14O6/c1-3-9(13)17-7-5-15-12-8(6-16-11(7)12)18-10(14)4-2/h3-4,7-8,11-12H,1-2,5-6H2/t7-,8?,11?,12?/m1/s1. The van der Waals surface area contributed by atoms with Gasteiger partial charge in [-0.25, -0.2) is 9.59 Å². The lowest BCUT2D eigenvalue weighted by Gasteiger charge is -2.16. The number of carbonyl (C=O) groups is 2. The van der Waals surface area contributed by atoms with Crippen molar-refractivity contribution in [2.24, 2.45) is 0 Å². The Bertz CT molecular complexity index is 341. The first-order valence-electron chi connectivity index (χ1n) is 5.55. The van der Waals surface area contributed by atoms with E-state index in [0.29, 0.717) is 0 Å². The van der Waals surface area contributed by atoms with Gasteiger partial charge < -0.3 is 18.9 Å². The van der Waals surface area contributed by atoms with E-state index in [-0.39, 0.29) is 13.2 Å². The molecular weight excluding hydrogens is 240 g/mol. The molecule has 2 heterocycles. The summed E-state index contributed by atoms with van der Waals surface area (Å²) in [5.41, 5.74) is 0. The minimum atomic E-state index is -0.528. The number of ether oxygens (including phenoxy) is 4. The zero-order valence-corrected chi connectivity index (χ0v) is 9.74. The van der Waals surface area contributed by atoms with Crippen LogP contribution in [0.3, 0.4) is 0 Å². The summed E-state index contributed by atoms with van der Waals surface area (Å²) in [6, 6.07) is 0. The fourth-order valence-corrected chi connectivity index (χ4v) is 2.03. The molecule has 4 atom stereocenters. The zero-order chi connectivity index (χ0) is 13.1. The van der Waals surface area contributed by atoms with E-state index in [2.05, 4.69) is 13.2 Å². The van der Waals surface area contributed by atoms with Crippen molar-refractivity contribution in [2.75, 3.05) is 13.2 Å². The van der Waals surface area contributed by atoms with Crippen LogP contribution in [-0.2, 0) is 28.5 Å². The van der Waals surface area contributed by atoms with Crippen molar-refractivity contribution in [1.82, 2.24) is 0 Å². The van der Waals surface area contributed by atoms with Crippen LogP contribution in [0.25, 0.3) is 0 Å². The molecule has 0 spiro atoms. The van der Waals surface area contributed by atoms with Crippen LogP contribution in [-0.4, -0.2) is 49.6 Å². The van der Waals surface area contributed by atoms with Crippen molar-refractivity contribution in [3.05, 3.63) is 25.3 Å². The van der Waals surface area contributed by atoms with Gasteiger partial charge in [-0.2, -0.15) is 0 Å². The minimum Gasteiger partial charge on any atom is -0.454 e. The van der Waals surface area contributed by atoms with Crippen LogP contribution in [0.5, 0.6) is 0 Å². The van der Waals surface area contributed by atoms with Crippen molar-refractivity contribution in [2.45, 2.75) is 24.4 Å². The van der Waals surface area contributed by atoms with Crippen LogP contribution in [0.4, 0.5) is 0 Å². The molecule has 0 aromatic carbocycles. The maximum absolute atomic E-state index is 11.1. The molecule has 2 rings (SSSR count). The highest BCUT2D eigenvalue weighted by atomic mass is 16.7. The summed E-state index contributed by atoms with van der Waals surface area (Å²) >= 11 is 0. The number of hydrogen-bond acceptors (Lipinski definition) is 6. The minimum absolute atomic E-state index is 0.219. The van der Waals surface area contributed by atoms with E-state index in [9.17, 15) is 9.59 Å². The normalized spacial score (nSPS) is 33.6. The molecule has 0 saturated carbocycles. The van der Waals surface area contributed by atoms with Crippen LogP contribution < -0.4 is 0 Å². The number of rotatable bonds is 4. The second kappa shape index (κ2) is 5.32. The molecule has 0 aliphatic carbocycles. The lowest BCUT2D eigenvalue weighted by molar-refractivity contribution is -0.149. The third-order valence-electron chi connectivity index (χ3n) is 2.83. The van der Waals surface area contributed by atoms with E-state index in [0.717, 1.165) is 12.2 Å². The Kier molecular flexibility index (Phi) is 3.78. The van der Waals surface area contributed by atoms with E-state index in [4.69, 9.17) is 18.9 Å². The second-order valence-corrected chi connectivity index (χ2v) is 3.95. The van der Waals surface area contributed by atoms with Crippen molar-refractivity contribution >= 4 is 11.9 Å². The van der Waals surface area contributed by atoms with E-state index >= 15 is 0 Å². The smallest absolute Gasteiger partial charge is 0.330 e. The molecule has 2 saturated heterocycles. The van der Waals surface area contributed by atoms with Gasteiger partial charge in [0.25, 0.3) is 0 Å². The van der Waals surface area contributed by atoms with Gasteiger partial charge >= 0.3 is 11.9 Å². The molecule has 0 radical (unpaired) electrons. The number of fused-ring (bicyclic) bond motifs is 1. The van der Waals surface area contributed by atoms with Gasteiger partial charge in [0.05, 0.1) is 13.2 Å². The highest BCUT2D eigenvalue weighted by Crippen LogP contribution is 2.30. The molecule has 2 aliphatic heterocycles. The van der Waals surface area contributed by atoms with E-state index in [1.54, 1.807) is 0 Å². The van der Waals surface area contributed by atoms with Gasteiger partial charge in [-0.1, -0.05) is 13.2 Å². The Labute approximate surface area is 104 Å². The Morgan fingerprint density at radius 1 is 0.944 bits per heavy atom. The number of esters is 2. The first kappa shape index (κ1) is 12.8. The van der Waals surface area contributed by atoms with Crippen LogP contribution >= 0.6 is 0 Å². The molecule has 98 valence electrons. The molecule has 0 N–H and O–H groups in total. The first-order valence-corrected chi connectivity index (χ1v) is 5.55. The Hall–Kier alpha value is -1.66.